The second-order valence-electron chi connectivity index (χ2n) is 7.67. The van der Waals surface area contributed by atoms with E-state index in [1.807, 2.05) is 30.3 Å². The molecular formula is C26H24FN5O4S. The molecule has 4 rings (SSSR count). The summed E-state index contributed by atoms with van der Waals surface area (Å²) >= 11 is 1.15. The number of benzene rings is 3. The molecule has 0 atom stereocenters. The van der Waals surface area contributed by atoms with Crippen molar-refractivity contribution in [2.75, 3.05) is 25.3 Å². The highest BCUT2D eigenvalue weighted by Gasteiger charge is 2.18. The first-order chi connectivity index (χ1) is 18.0. The Labute approximate surface area is 217 Å². The SMILES string of the molecule is COc1cc(OC)cc(C(=O)NCc2nnc(SCC(=O)Nc3ccccc3F)n2-c2ccccc2)c1. The van der Waals surface area contributed by atoms with Gasteiger partial charge in [0.15, 0.2) is 11.0 Å². The van der Waals surface area contributed by atoms with E-state index < -0.39 is 5.82 Å². The van der Waals surface area contributed by atoms with Gasteiger partial charge in [0.05, 0.1) is 32.2 Å². The number of hydrogen-bond donors (Lipinski definition) is 2. The van der Waals surface area contributed by atoms with Crippen LogP contribution in [-0.2, 0) is 11.3 Å². The minimum absolute atomic E-state index is 0.0186. The second-order valence-corrected chi connectivity index (χ2v) is 8.61. The lowest BCUT2D eigenvalue weighted by atomic mass is 10.2. The molecule has 0 fully saturated rings. The van der Waals surface area contributed by atoms with Gasteiger partial charge in [-0.2, -0.15) is 0 Å². The zero-order valence-electron chi connectivity index (χ0n) is 20.1. The molecule has 2 amide bonds. The van der Waals surface area contributed by atoms with Crippen molar-refractivity contribution in [3.63, 3.8) is 0 Å². The predicted molar refractivity (Wildman–Crippen MR) is 138 cm³/mol. The highest BCUT2D eigenvalue weighted by atomic mass is 32.2. The van der Waals surface area contributed by atoms with Gasteiger partial charge in [0, 0.05) is 17.3 Å². The van der Waals surface area contributed by atoms with Crippen LogP contribution in [0.3, 0.4) is 0 Å². The van der Waals surface area contributed by atoms with E-state index in [4.69, 9.17) is 9.47 Å². The average Bonchev–Trinajstić information content (AvgIpc) is 3.34. The monoisotopic (exact) mass is 521 g/mol. The number of hydrogen-bond acceptors (Lipinski definition) is 7. The molecule has 3 aromatic carbocycles. The summed E-state index contributed by atoms with van der Waals surface area (Å²) in [6.07, 6.45) is 0. The smallest absolute Gasteiger partial charge is 0.251 e. The molecular weight excluding hydrogens is 497 g/mol. The van der Waals surface area contributed by atoms with Crippen molar-refractivity contribution >= 4 is 29.3 Å². The van der Waals surface area contributed by atoms with Crippen LogP contribution in [0, 0.1) is 5.82 Å². The van der Waals surface area contributed by atoms with Crippen LogP contribution in [0.4, 0.5) is 10.1 Å². The van der Waals surface area contributed by atoms with E-state index in [2.05, 4.69) is 20.8 Å². The third-order valence-electron chi connectivity index (χ3n) is 5.22. The summed E-state index contributed by atoms with van der Waals surface area (Å²) < 4.78 is 26.1. The fourth-order valence-electron chi connectivity index (χ4n) is 3.42. The number of nitrogens with one attached hydrogen (secondary N) is 2. The molecule has 0 saturated heterocycles. The Morgan fingerprint density at radius 1 is 0.946 bits per heavy atom. The lowest BCUT2D eigenvalue weighted by molar-refractivity contribution is -0.113. The van der Waals surface area contributed by atoms with Crippen LogP contribution in [0.15, 0.2) is 78.0 Å². The van der Waals surface area contributed by atoms with Gasteiger partial charge in [-0.1, -0.05) is 42.1 Å². The molecule has 1 heterocycles. The number of carbonyl (C=O) groups excluding carboxylic acids is 2. The molecule has 0 aliphatic heterocycles. The molecule has 9 nitrogen and oxygen atoms in total. The number of thioether (sulfide) groups is 1. The Bertz CT molecular complexity index is 1370. The molecule has 11 heteroatoms. The Kier molecular flexibility index (Phi) is 8.37. The minimum Gasteiger partial charge on any atom is -0.497 e. The van der Waals surface area contributed by atoms with E-state index in [1.165, 1.54) is 26.4 Å². The van der Waals surface area contributed by atoms with Crippen LogP contribution in [0.1, 0.15) is 16.2 Å². The molecule has 2 N–H and O–H groups in total. The lowest BCUT2D eigenvalue weighted by Gasteiger charge is -2.12. The Balaban J connectivity index is 1.50. The van der Waals surface area contributed by atoms with E-state index in [1.54, 1.807) is 34.9 Å². The van der Waals surface area contributed by atoms with Gasteiger partial charge >= 0.3 is 0 Å². The van der Waals surface area contributed by atoms with Crippen LogP contribution in [0.25, 0.3) is 5.69 Å². The molecule has 190 valence electrons. The van der Waals surface area contributed by atoms with Crippen molar-refractivity contribution < 1.29 is 23.5 Å². The third-order valence-corrected chi connectivity index (χ3v) is 6.14. The zero-order chi connectivity index (χ0) is 26.2. The quantitative estimate of drug-likeness (QED) is 0.303. The lowest BCUT2D eigenvalue weighted by Crippen LogP contribution is -2.24. The van der Waals surface area contributed by atoms with E-state index >= 15 is 0 Å². The van der Waals surface area contributed by atoms with Gasteiger partial charge in [-0.25, -0.2) is 4.39 Å². The summed E-state index contributed by atoms with van der Waals surface area (Å²) in [5, 5.41) is 14.3. The van der Waals surface area contributed by atoms with Crippen LogP contribution >= 0.6 is 11.8 Å². The first-order valence-corrected chi connectivity index (χ1v) is 12.1. The van der Waals surface area contributed by atoms with Crippen molar-refractivity contribution in [2.24, 2.45) is 0 Å². The summed E-state index contributed by atoms with van der Waals surface area (Å²) in [6.45, 7) is 0.0717. The normalized spacial score (nSPS) is 10.6. The maximum atomic E-state index is 13.9. The first kappa shape index (κ1) is 25.7. The largest absolute Gasteiger partial charge is 0.497 e. The highest BCUT2D eigenvalue weighted by Crippen LogP contribution is 2.24. The van der Waals surface area contributed by atoms with E-state index in [9.17, 15) is 14.0 Å². The van der Waals surface area contributed by atoms with E-state index in [0.29, 0.717) is 28.0 Å². The number of nitrogens with zero attached hydrogens (tertiary/aromatic N) is 3. The maximum Gasteiger partial charge on any atom is 0.251 e. The van der Waals surface area contributed by atoms with Crippen molar-refractivity contribution in [3.05, 3.63) is 90.0 Å². The minimum atomic E-state index is -0.514. The van der Waals surface area contributed by atoms with Crippen molar-refractivity contribution in [1.29, 1.82) is 0 Å². The van der Waals surface area contributed by atoms with Gasteiger partial charge < -0.3 is 20.1 Å². The Hall–Kier alpha value is -4.38. The molecule has 0 aliphatic rings. The van der Waals surface area contributed by atoms with E-state index in [-0.39, 0.29) is 29.8 Å². The highest BCUT2D eigenvalue weighted by molar-refractivity contribution is 7.99. The zero-order valence-corrected chi connectivity index (χ0v) is 20.9. The predicted octanol–water partition coefficient (Wildman–Crippen LogP) is 4.08. The molecule has 0 saturated carbocycles. The first-order valence-electron chi connectivity index (χ1n) is 11.2. The molecule has 0 spiro atoms. The van der Waals surface area contributed by atoms with E-state index in [0.717, 1.165) is 17.4 Å². The second kappa shape index (κ2) is 12.0. The number of anilines is 1. The van der Waals surface area contributed by atoms with Gasteiger partial charge in [0.1, 0.15) is 17.3 Å². The molecule has 0 bridgehead atoms. The molecule has 0 aliphatic carbocycles. The number of halogens is 1. The fourth-order valence-corrected chi connectivity index (χ4v) is 4.19. The molecule has 0 unspecified atom stereocenters. The fraction of sp³-hybridized carbons (Fsp3) is 0.154. The Morgan fingerprint density at radius 2 is 1.62 bits per heavy atom. The molecule has 0 radical (unpaired) electrons. The molecule has 4 aromatic rings. The van der Waals surface area contributed by atoms with Crippen molar-refractivity contribution in [1.82, 2.24) is 20.1 Å². The third kappa shape index (κ3) is 6.44. The number of methoxy groups -OCH3 is 2. The van der Waals surface area contributed by atoms with Gasteiger partial charge in [0.25, 0.3) is 5.91 Å². The topological polar surface area (TPSA) is 107 Å². The number of para-hydroxylation sites is 2. The summed E-state index contributed by atoms with van der Waals surface area (Å²) in [5.41, 5.74) is 1.23. The Morgan fingerprint density at radius 3 is 2.30 bits per heavy atom. The number of rotatable bonds is 10. The van der Waals surface area contributed by atoms with Gasteiger partial charge in [-0.15, -0.1) is 10.2 Å². The summed E-state index contributed by atoms with van der Waals surface area (Å²) in [7, 11) is 3.02. The number of carbonyl (C=O) groups is 2. The van der Waals surface area contributed by atoms with Crippen LogP contribution in [-0.4, -0.2) is 46.6 Å². The average molecular weight is 522 g/mol. The summed E-state index contributed by atoms with van der Waals surface area (Å²) in [5.74, 6) is 0.174. The molecule has 37 heavy (non-hydrogen) atoms. The number of amides is 2. The van der Waals surface area contributed by atoms with Crippen LogP contribution in [0.5, 0.6) is 11.5 Å². The molecule has 1 aromatic heterocycles. The maximum absolute atomic E-state index is 13.9. The standard InChI is InChI=1S/C26H24FN5O4S/c1-35-19-12-17(13-20(14-19)36-2)25(34)28-15-23-30-31-26(32(23)18-8-4-3-5-9-18)37-16-24(33)29-22-11-7-6-10-21(22)27/h3-14H,15-16H2,1-2H3,(H,28,34)(H,29,33). The number of aromatic nitrogens is 3. The van der Waals surface area contributed by atoms with Gasteiger partial charge in [-0.05, 0) is 36.4 Å². The van der Waals surface area contributed by atoms with Gasteiger partial charge in [-0.3, -0.25) is 14.2 Å². The summed E-state index contributed by atoms with van der Waals surface area (Å²) in [4.78, 5) is 25.3. The van der Waals surface area contributed by atoms with Gasteiger partial charge in [0.2, 0.25) is 5.91 Å². The van der Waals surface area contributed by atoms with Crippen LogP contribution < -0.4 is 20.1 Å². The van der Waals surface area contributed by atoms with Crippen LogP contribution in [0.2, 0.25) is 0 Å². The van der Waals surface area contributed by atoms with Crippen molar-refractivity contribution in [2.45, 2.75) is 11.7 Å². The summed E-state index contributed by atoms with van der Waals surface area (Å²) in [6, 6.07) is 20.2. The number of ether oxygens (including phenoxy) is 2. The van der Waals surface area contributed by atoms with Crippen molar-refractivity contribution in [3.8, 4) is 17.2 Å².